The van der Waals surface area contributed by atoms with Gasteiger partial charge in [0.25, 0.3) is 0 Å². The van der Waals surface area contributed by atoms with Gasteiger partial charge in [-0.3, -0.25) is 4.79 Å². The molecule has 0 spiro atoms. The number of hydrogen-bond acceptors (Lipinski definition) is 5. The molecule has 0 fully saturated rings. The Kier molecular flexibility index (Phi) is 7.06. The zero-order valence-electron chi connectivity index (χ0n) is 17.2. The molecule has 2 amide bonds. The zero-order chi connectivity index (χ0) is 21.5. The average Bonchev–Trinajstić information content (AvgIpc) is 2.77. The van der Waals surface area contributed by atoms with Crippen molar-refractivity contribution in [2.45, 2.75) is 39.5 Å². The van der Waals surface area contributed by atoms with Crippen LogP contribution in [0.1, 0.15) is 40.9 Å². The average molecular weight is 410 g/mol. The van der Waals surface area contributed by atoms with Crippen molar-refractivity contribution in [3.63, 3.8) is 0 Å². The molecule has 1 heterocycles. The van der Waals surface area contributed by atoms with Crippen LogP contribution in [0.25, 0.3) is 0 Å². The number of ether oxygens (including phenoxy) is 2. The van der Waals surface area contributed by atoms with Crippen LogP contribution in [-0.4, -0.2) is 42.1 Å². The van der Waals surface area contributed by atoms with Crippen LogP contribution in [0.2, 0.25) is 0 Å². The van der Waals surface area contributed by atoms with Crippen molar-refractivity contribution in [2.24, 2.45) is 0 Å². The number of carbonyl (C=O) groups is 3. The van der Waals surface area contributed by atoms with Crippen LogP contribution < -0.4 is 5.32 Å². The van der Waals surface area contributed by atoms with E-state index in [4.69, 9.17) is 9.47 Å². The van der Waals surface area contributed by atoms with E-state index in [0.717, 1.165) is 16.7 Å². The van der Waals surface area contributed by atoms with E-state index in [9.17, 15) is 14.4 Å². The van der Waals surface area contributed by atoms with Crippen molar-refractivity contribution in [1.29, 1.82) is 0 Å². The van der Waals surface area contributed by atoms with Gasteiger partial charge in [0.2, 0.25) is 5.91 Å². The third-order valence-corrected chi connectivity index (χ3v) is 4.96. The summed E-state index contributed by atoms with van der Waals surface area (Å²) in [5, 5.41) is 2.60. The predicted molar refractivity (Wildman–Crippen MR) is 111 cm³/mol. The van der Waals surface area contributed by atoms with Gasteiger partial charge in [0, 0.05) is 13.1 Å². The summed E-state index contributed by atoms with van der Waals surface area (Å²) in [7, 11) is 0. The Bertz CT molecular complexity index is 913. The molecular formula is C23H26N2O5. The number of esters is 1. The number of alkyl carbamates (subject to hydrolysis) is 1. The Balaban J connectivity index is 1.53. The van der Waals surface area contributed by atoms with Crippen molar-refractivity contribution in [1.82, 2.24) is 10.2 Å². The fourth-order valence-corrected chi connectivity index (χ4v) is 3.36. The summed E-state index contributed by atoms with van der Waals surface area (Å²) in [5.74, 6) is -0.516. The van der Waals surface area contributed by atoms with Gasteiger partial charge in [-0.1, -0.05) is 36.4 Å². The highest BCUT2D eigenvalue weighted by Crippen LogP contribution is 2.21. The molecule has 0 aliphatic carbocycles. The Morgan fingerprint density at radius 3 is 2.57 bits per heavy atom. The fourth-order valence-electron chi connectivity index (χ4n) is 3.36. The summed E-state index contributed by atoms with van der Waals surface area (Å²) in [6.07, 6.45) is 0.00986. The topological polar surface area (TPSA) is 84.9 Å². The van der Waals surface area contributed by atoms with E-state index in [2.05, 4.69) is 5.32 Å². The van der Waals surface area contributed by atoms with Crippen molar-refractivity contribution >= 4 is 18.0 Å². The molecule has 1 aliphatic rings. The van der Waals surface area contributed by atoms with E-state index in [1.165, 1.54) is 0 Å². The number of carbonyl (C=O) groups excluding carboxylic acids is 3. The number of nitrogens with one attached hydrogen (secondary N) is 1. The van der Waals surface area contributed by atoms with E-state index in [1.807, 2.05) is 42.5 Å². The number of fused-ring (bicyclic) bond motifs is 1. The lowest BCUT2D eigenvalue weighted by molar-refractivity contribution is -0.133. The first kappa shape index (κ1) is 21.4. The van der Waals surface area contributed by atoms with Gasteiger partial charge in [-0.2, -0.15) is 0 Å². The Morgan fingerprint density at radius 2 is 1.83 bits per heavy atom. The van der Waals surface area contributed by atoms with E-state index in [1.54, 1.807) is 24.8 Å². The minimum Gasteiger partial charge on any atom is -0.462 e. The molecule has 0 saturated carbocycles. The molecule has 0 radical (unpaired) electrons. The molecule has 7 nitrogen and oxygen atoms in total. The second-order valence-electron chi connectivity index (χ2n) is 7.14. The maximum atomic E-state index is 12.8. The Labute approximate surface area is 176 Å². The summed E-state index contributed by atoms with van der Waals surface area (Å²) in [6, 6.07) is 14.0. The van der Waals surface area contributed by atoms with Crippen LogP contribution in [0.3, 0.4) is 0 Å². The van der Waals surface area contributed by atoms with E-state index >= 15 is 0 Å². The third-order valence-electron chi connectivity index (χ3n) is 4.96. The maximum Gasteiger partial charge on any atom is 0.408 e. The van der Waals surface area contributed by atoms with Crippen molar-refractivity contribution in [2.75, 3.05) is 13.2 Å². The molecule has 2 aromatic rings. The minimum atomic E-state index is -0.700. The number of benzene rings is 2. The molecule has 1 N–H and O–H groups in total. The van der Waals surface area contributed by atoms with Gasteiger partial charge >= 0.3 is 12.1 Å². The molecule has 30 heavy (non-hydrogen) atoms. The highest BCUT2D eigenvalue weighted by molar-refractivity contribution is 5.90. The normalized spacial score (nSPS) is 13.7. The van der Waals surface area contributed by atoms with E-state index in [0.29, 0.717) is 31.7 Å². The third kappa shape index (κ3) is 5.37. The number of amides is 2. The number of rotatable bonds is 6. The predicted octanol–water partition coefficient (Wildman–Crippen LogP) is 3.06. The van der Waals surface area contributed by atoms with Crippen molar-refractivity contribution in [3.8, 4) is 0 Å². The van der Waals surface area contributed by atoms with Gasteiger partial charge in [-0.05, 0) is 49.1 Å². The Hall–Kier alpha value is -3.35. The first-order valence-electron chi connectivity index (χ1n) is 10.0. The smallest absolute Gasteiger partial charge is 0.408 e. The minimum absolute atomic E-state index is 0.146. The van der Waals surface area contributed by atoms with Crippen LogP contribution in [0.4, 0.5) is 4.79 Å². The lowest BCUT2D eigenvalue weighted by Crippen LogP contribution is -2.48. The van der Waals surface area contributed by atoms with Crippen LogP contribution in [0, 0.1) is 0 Å². The molecule has 7 heteroatoms. The second kappa shape index (κ2) is 9.91. The molecule has 1 atom stereocenters. The van der Waals surface area contributed by atoms with Crippen LogP contribution in [0.15, 0.2) is 48.5 Å². The van der Waals surface area contributed by atoms with Crippen LogP contribution in [0.5, 0.6) is 0 Å². The van der Waals surface area contributed by atoms with Gasteiger partial charge < -0.3 is 19.7 Å². The largest absolute Gasteiger partial charge is 0.462 e. The summed E-state index contributed by atoms with van der Waals surface area (Å²) in [5.41, 5.74) is 3.42. The highest BCUT2D eigenvalue weighted by atomic mass is 16.5. The van der Waals surface area contributed by atoms with Crippen LogP contribution in [-0.2, 0) is 33.8 Å². The number of nitrogens with zero attached hydrogens (tertiary/aromatic N) is 1. The Morgan fingerprint density at radius 1 is 1.07 bits per heavy atom. The van der Waals surface area contributed by atoms with Gasteiger partial charge in [-0.15, -0.1) is 0 Å². The molecule has 0 saturated heterocycles. The first-order chi connectivity index (χ1) is 14.5. The zero-order valence-corrected chi connectivity index (χ0v) is 17.2. The van der Waals surface area contributed by atoms with Gasteiger partial charge in [0.1, 0.15) is 12.6 Å². The molecule has 0 bridgehead atoms. The standard InChI is InChI=1S/C23H26N2O5/c1-3-29-22(27)19-9-10-20-14-25(12-11-18(20)13-19)21(26)16(2)24-23(28)30-15-17-7-5-4-6-8-17/h4-10,13,16H,3,11-12,14-15H2,1-2H3,(H,24,28)/t16-/m0/s1. The summed E-state index contributed by atoms with van der Waals surface area (Å²) < 4.78 is 10.2. The molecule has 3 rings (SSSR count). The second-order valence-corrected chi connectivity index (χ2v) is 7.14. The highest BCUT2D eigenvalue weighted by Gasteiger charge is 2.26. The first-order valence-corrected chi connectivity index (χ1v) is 10.0. The summed E-state index contributed by atoms with van der Waals surface area (Å²) >= 11 is 0. The van der Waals surface area contributed by atoms with E-state index < -0.39 is 12.1 Å². The van der Waals surface area contributed by atoms with Gasteiger partial charge in [0.15, 0.2) is 0 Å². The number of hydrogen-bond donors (Lipinski definition) is 1. The molecule has 158 valence electrons. The van der Waals surface area contributed by atoms with Crippen LogP contribution >= 0.6 is 0 Å². The monoisotopic (exact) mass is 410 g/mol. The summed E-state index contributed by atoms with van der Waals surface area (Å²) in [6.45, 7) is 4.84. The fraction of sp³-hybridized carbons (Fsp3) is 0.348. The lowest BCUT2D eigenvalue weighted by Gasteiger charge is -2.31. The molecule has 0 unspecified atom stereocenters. The quantitative estimate of drug-likeness (QED) is 0.740. The van der Waals surface area contributed by atoms with Gasteiger partial charge in [-0.25, -0.2) is 9.59 Å². The van der Waals surface area contributed by atoms with Crippen molar-refractivity contribution < 1.29 is 23.9 Å². The van der Waals surface area contributed by atoms with E-state index in [-0.39, 0.29) is 18.5 Å². The SMILES string of the molecule is CCOC(=O)c1ccc2c(c1)CCN(C(=O)[C@H](C)NC(=O)OCc1ccccc1)C2. The molecule has 1 aliphatic heterocycles. The molecular weight excluding hydrogens is 384 g/mol. The van der Waals surface area contributed by atoms with Gasteiger partial charge in [0.05, 0.1) is 12.2 Å². The maximum absolute atomic E-state index is 12.8. The van der Waals surface area contributed by atoms with Crippen molar-refractivity contribution in [3.05, 3.63) is 70.8 Å². The lowest BCUT2D eigenvalue weighted by atomic mass is 9.97. The summed E-state index contributed by atoms with van der Waals surface area (Å²) in [4.78, 5) is 38.4. The molecule has 0 aromatic heterocycles. The molecule has 2 aromatic carbocycles.